The lowest BCUT2D eigenvalue weighted by molar-refractivity contribution is 0.474. The maximum atomic E-state index is 11.8. The van der Waals surface area contributed by atoms with Crippen LogP contribution in [-0.2, 0) is 16.5 Å². The normalized spacial score (nSPS) is 12.8. The van der Waals surface area contributed by atoms with Crippen LogP contribution < -0.4 is 0 Å². The number of rotatable bonds is 9. The van der Waals surface area contributed by atoms with E-state index in [2.05, 4.69) is 11.6 Å². The van der Waals surface area contributed by atoms with Gasteiger partial charge in [0.05, 0.1) is 17.0 Å². The lowest BCUT2D eigenvalue weighted by Gasteiger charge is -2.18. The summed E-state index contributed by atoms with van der Waals surface area (Å²) in [6.07, 6.45) is 5.11. The van der Waals surface area contributed by atoms with Crippen molar-refractivity contribution in [3.05, 3.63) is 118 Å². The molecule has 0 amide bonds. The van der Waals surface area contributed by atoms with Crippen molar-refractivity contribution in [3.63, 3.8) is 0 Å². The Hall–Kier alpha value is -3.25. The summed E-state index contributed by atoms with van der Waals surface area (Å²) >= 11 is 6.10. The Bertz CT molecular complexity index is 1540. The van der Waals surface area contributed by atoms with E-state index in [9.17, 15) is 13.0 Å². The molecule has 0 aliphatic rings. The number of benzene rings is 3. The lowest BCUT2D eigenvalue weighted by Crippen LogP contribution is -2.15. The highest BCUT2D eigenvalue weighted by Crippen LogP contribution is 2.27. The summed E-state index contributed by atoms with van der Waals surface area (Å²) in [4.78, 5) is 4.65. The van der Waals surface area contributed by atoms with Crippen LogP contribution in [-0.4, -0.2) is 23.7 Å². The summed E-state index contributed by atoms with van der Waals surface area (Å²) < 4.78 is 33.3. The van der Waals surface area contributed by atoms with Crippen molar-refractivity contribution >= 4 is 50.3 Å². The van der Waals surface area contributed by atoms with Gasteiger partial charge in [-0.25, -0.2) is 4.98 Å². The Balaban J connectivity index is 1.58. The maximum Gasteiger partial charge on any atom is 0.265 e. The molecule has 36 heavy (non-hydrogen) atoms. The van der Waals surface area contributed by atoms with Crippen LogP contribution in [0.3, 0.4) is 0 Å². The number of hydrogen-bond acceptors (Lipinski definition) is 3. The van der Waals surface area contributed by atoms with E-state index in [4.69, 9.17) is 11.6 Å². The predicted octanol–water partition coefficient (Wildman–Crippen LogP) is 7.70. The number of aryl methyl sites for hydroxylation is 1. The molecule has 4 nitrogen and oxygen atoms in total. The first-order valence-corrected chi connectivity index (χ1v) is 13.7. The molecule has 0 bridgehead atoms. The van der Waals surface area contributed by atoms with Gasteiger partial charge in [0, 0.05) is 16.3 Å². The first-order chi connectivity index (χ1) is 17.2. The Kier molecular flexibility index (Phi) is 8.04. The molecule has 0 fully saturated rings. The zero-order valence-electron chi connectivity index (χ0n) is 20.1. The van der Waals surface area contributed by atoms with Gasteiger partial charge in [-0.05, 0) is 66.3 Å². The van der Waals surface area contributed by atoms with Gasteiger partial charge >= 0.3 is 0 Å². The fraction of sp³-hybridized carbons (Fsp3) is 0.167. The first-order valence-electron chi connectivity index (χ1n) is 11.7. The molecule has 0 unspecified atom stereocenters. The molecule has 1 aromatic heterocycles. The van der Waals surface area contributed by atoms with Crippen molar-refractivity contribution in [2.24, 2.45) is 0 Å². The van der Waals surface area contributed by atoms with Crippen molar-refractivity contribution in [2.45, 2.75) is 25.7 Å². The molecular formula is C30H28ClNO3S. The molecule has 0 aliphatic carbocycles. The summed E-state index contributed by atoms with van der Waals surface area (Å²) in [7, 11) is -4.15. The van der Waals surface area contributed by atoms with Gasteiger partial charge < -0.3 is 0 Å². The summed E-state index contributed by atoms with van der Waals surface area (Å²) in [5.41, 5.74) is 6.55. The molecule has 0 saturated carbocycles. The lowest BCUT2D eigenvalue weighted by atomic mass is 9.90. The highest BCUT2D eigenvalue weighted by molar-refractivity contribution is 7.85. The summed E-state index contributed by atoms with van der Waals surface area (Å²) in [5.74, 6) is -0.685. The number of pyridine rings is 1. The summed E-state index contributed by atoms with van der Waals surface area (Å²) in [6, 6.07) is 25.3. The van der Waals surface area contributed by atoms with E-state index < -0.39 is 10.1 Å². The summed E-state index contributed by atoms with van der Waals surface area (Å²) in [6.45, 7) is 6.02. The van der Waals surface area contributed by atoms with Crippen LogP contribution in [0, 0.1) is 0 Å². The average Bonchev–Trinajstić information content (AvgIpc) is 2.84. The van der Waals surface area contributed by atoms with E-state index in [1.165, 1.54) is 0 Å². The number of hydrogen-bond donors (Lipinski definition) is 1. The summed E-state index contributed by atoms with van der Waals surface area (Å²) in [5, 5.41) is 1.65. The number of fused-ring (bicyclic) bond motifs is 1. The molecule has 4 aromatic rings. The van der Waals surface area contributed by atoms with Gasteiger partial charge in [0.1, 0.15) is 0 Å². The van der Waals surface area contributed by atoms with E-state index >= 15 is 0 Å². The maximum absolute atomic E-state index is 11.8. The van der Waals surface area contributed by atoms with Crippen LogP contribution in [0.2, 0.25) is 5.02 Å². The van der Waals surface area contributed by atoms with E-state index in [0.29, 0.717) is 17.9 Å². The Morgan fingerprint density at radius 3 is 2.58 bits per heavy atom. The molecule has 1 heterocycles. The van der Waals surface area contributed by atoms with Crippen LogP contribution in [0.25, 0.3) is 28.6 Å². The van der Waals surface area contributed by atoms with Crippen LogP contribution >= 0.6 is 11.6 Å². The standard InChI is InChI=1S/C30H28ClNO3S/c1-21(2)29-9-4-3-7-23(29)11-12-26(20-36(33,34)35)25-8-5-6-22(18-25)10-16-28-17-14-24-13-15-27(31)19-30(24)32-28/h3-10,13-19,26H,1,11-12,20H2,2H3,(H,33,34,35)/t26-/m1/s1. The van der Waals surface area contributed by atoms with Gasteiger partial charge in [-0.3, -0.25) is 4.55 Å². The van der Waals surface area contributed by atoms with Crippen LogP contribution in [0.1, 0.15) is 47.2 Å². The Labute approximate surface area is 217 Å². The Morgan fingerprint density at radius 1 is 1.03 bits per heavy atom. The molecule has 0 aliphatic heterocycles. The molecule has 0 radical (unpaired) electrons. The molecule has 6 heteroatoms. The number of halogens is 1. The minimum absolute atomic E-state index is 0.331. The van der Waals surface area contributed by atoms with E-state index in [0.717, 1.165) is 44.4 Å². The molecule has 0 spiro atoms. The van der Waals surface area contributed by atoms with E-state index in [1.54, 1.807) is 0 Å². The minimum atomic E-state index is -4.15. The molecule has 1 N–H and O–H groups in total. The average molecular weight is 518 g/mol. The predicted molar refractivity (Wildman–Crippen MR) is 151 cm³/mol. The molecule has 3 aromatic carbocycles. The van der Waals surface area contributed by atoms with Crippen molar-refractivity contribution < 1.29 is 13.0 Å². The van der Waals surface area contributed by atoms with Gasteiger partial charge in [-0.1, -0.05) is 90.5 Å². The smallest absolute Gasteiger partial charge is 0.265 e. The van der Waals surface area contributed by atoms with Crippen molar-refractivity contribution in [3.8, 4) is 0 Å². The monoisotopic (exact) mass is 517 g/mol. The molecule has 184 valence electrons. The van der Waals surface area contributed by atoms with Crippen molar-refractivity contribution in [1.29, 1.82) is 0 Å². The fourth-order valence-corrected chi connectivity index (χ4v) is 5.42. The second-order valence-electron chi connectivity index (χ2n) is 9.00. The van der Waals surface area contributed by atoms with Gasteiger partial charge in [-0.2, -0.15) is 8.42 Å². The van der Waals surface area contributed by atoms with Crippen LogP contribution in [0.4, 0.5) is 0 Å². The van der Waals surface area contributed by atoms with E-state index in [1.807, 2.05) is 97.9 Å². The second-order valence-corrected chi connectivity index (χ2v) is 10.9. The van der Waals surface area contributed by atoms with Crippen molar-refractivity contribution in [1.82, 2.24) is 4.98 Å². The number of nitrogens with zero attached hydrogens (tertiary/aromatic N) is 1. The van der Waals surface area contributed by atoms with Gasteiger partial charge in [0.25, 0.3) is 10.1 Å². The molecule has 4 rings (SSSR count). The first kappa shape index (κ1) is 25.8. The molecular weight excluding hydrogens is 490 g/mol. The Morgan fingerprint density at radius 2 is 1.81 bits per heavy atom. The third-order valence-electron chi connectivity index (χ3n) is 6.16. The van der Waals surface area contributed by atoms with E-state index in [-0.39, 0.29) is 11.7 Å². The van der Waals surface area contributed by atoms with Crippen molar-refractivity contribution in [2.75, 3.05) is 5.75 Å². The van der Waals surface area contributed by atoms with Crippen LogP contribution in [0.15, 0.2) is 85.4 Å². The largest absolute Gasteiger partial charge is 0.286 e. The minimum Gasteiger partial charge on any atom is -0.286 e. The number of aromatic nitrogens is 1. The molecule has 1 atom stereocenters. The second kappa shape index (κ2) is 11.2. The quantitative estimate of drug-likeness (QED) is 0.231. The van der Waals surface area contributed by atoms with Gasteiger partial charge in [0.15, 0.2) is 0 Å². The molecule has 0 saturated heterocycles. The highest BCUT2D eigenvalue weighted by Gasteiger charge is 2.20. The fourth-order valence-electron chi connectivity index (χ4n) is 4.38. The third-order valence-corrected chi connectivity index (χ3v) is 7.21. The van der Waals surface area contributed by atoms with Gasteiger partial charge in [0.2, 0.25) is 0 Å². The zero-order chi connectivity index (χ0) is 25.7. The van der Waals surface area contributed by atoms with Crippen LogP contribution in [0.5, 0.6) is 0 Å². The zero-order valence-corrected chi connectivity index (χ0v) is 21.6. The third kappa shape index (κ3) is 6.91. The SMILES string of the molecule is C=C(C)c1ccccc1CC[C@H](CS(=O)(=O)O)c1cccc(C=Cc2ccc3ccc(Cl)cc3n2)c1. The topological polar surface area (TPSA) is 67.3 Å². The highest BCUT2D eigenvalue weighted by atomic mass is 35.5. The number of allylic oxidation sites excluding steroid dienone is 1. The van der Waals surface area contributed by atoms with Gasteiger partial charge in [-0.15, -0.1) is 0 Å².